The third kappa shape index (κ3) is 4.09. The molecule has 0 unspecified atom stereocenters. The van der Waals surface area contributed by atoms with Crippen molar-refractivity contribution in [1.29, 1.82) is 0 Å². The molecule has 0 aliphatic carbocycles. The van der Waals surface area contributed by atoms with Gasteiger partial charge in [0.05, 0.1) is 6.61 Å². The molecule has 0 bridgehead atoms. The molecule has 2 aromatic carbocycles. The summed E-state index contributed by atoms with van der Waals surface area (Å²) >= 11 is 0. The van der Waals surface area contributed by atoms with Crippen LogP contribution in [0.4, 0.5) is 13.2 Å². The summed E-state index contributed by atoms with van der Waals surface area (Å²) < 4.78 is 47.8. The molecule has 4 nitrogen and oxygen atoms in total. The highest BCUT2D eigenvalue weighted by Crippen LogP contribution is 2.43. The second-order valence-electron chi connectivity index (χ2n) is 8.28. The van der Waals surface area contributed by atoms with Crippen LogP contribution in [0.2, 0.25) is 0 Å². The van der Waals surface area contributed by atoms with E-state index in [-0.39, 0.29) is 12.0 Å². The van der Waals surface area contributed by atoms with E-state index in [1.54, 1.807) is 32.0 Å². The van der Waals surface area contributed by atoms with Crippen molar-refractivity contribution in [3.8, 4) is 5.75 Å². The van der Waals surface area contributed by atoms with Gasteiger partial charge in [0.2, 0.25) is 5.91 Å². The standard InChI is InChI=1S/C21H25F3N2O2/c1-13(2)12-28-17-7-5-6-14-10-15(8-9-16(14)17)19(21(22,23)24)26-20(3,4)11-18(27)25-26/h5-10,13,19H,11-12H2,1-4H3,(H,25,27)/t19-/m0/s1. The highest BCUT2D eigenvalue weighted by molar-refractivity contribution is 5.89. The number of ether oxygens (including phenoxy) is 1. The minimum Gasteiger partial charge on any atom is -0.493 e. The van der Waals surface area contributed by atoms with E-state index < -0.39 is 23.7 Å². The highest BCUT2D eigenvalue weighted by Gasteiger charge is 2.52. The van der Waals surface area contributed by atoms with Crippen molar-refractivity contribution in [3.05, 3.63) is 42.0 Å². The molecule has 1 aliphatic rings. The lowest BCUT2D eigenvalue weighted by molar-refractivity contribution is -0.203. The molecule has 3 rings (SSSR count). The molecule has 0 aromatic heterocycles. The first kappa shape index (κ1) is 20.5. The van der Waals surface area contributed by atoms with Crippen molar-refractivity contribution in [1.82, 2.24) is 10.4 Å². The number of rotatable bonds is 5. The number of hydrogen-bond acceptors (Lipinski definition) is 3. The van der Waals surface area contributed by atoms with Gasteiger partial charge in [-0.25, -0.2) is 0 Å². The number of fused-ring (bicyclic) bond motifs is 1. The minimum absolute atomic E-state index is 0.0142. The lowest BCUT2D eigenvalue weighted by Gasteiger charge is -2.38. The second kappa shape index (κ2) is 7.28. The van der Waals surface area contributed by atoms with Crippen LogP contribution in [0.25, 0.3) is 10.8 Å². The minimum atomic E-state index is -4.55. The molecule has 0 radical (unpaired) electrons. The summed E-state index contributed by atoms with van der Waals surface area (Å²) in [6.07, 6.45) is -4.53. The van der Waals surface area contributed by atoms with Gasteiger partial charge in [0.25, 0.3) is 0 Å². The Hall–Kier alpha value is -2.28. The molecular formula is C21H25F3N2O2. The zero-order valence-corrected chi connectivity index (χ0v) is 16.4. The summed E-state index contributed by atoms with van der Waals surface area (Å²) in [4.78, 5) is 11.8. The first-order chi connectivity index (χ1) is 13.0. The van der Waals surface area contributed by atoms with Crippen molar-refractivity contribution in [3.63, 3.8) is 0 Å². The SMILES string of the molecule is CC(C)COc1cccc2cc([C@H](N3NC(=O)CC3(C)C)C(F)(F)F)ccc12. The molecule has 0 spiro atoms. The first-order valence-corrected chi connectivity index (χ1v) is 9.30. The lowest BCUT2D eigenvalue weighted by Crippen LogP contribution is -2.51. The van der Waals surface area contributed by atoms with Crippen LogP contribution < -0.4 is 10.2 Å². The van der Waals surface area contributed by atoms with E-state index >= 15 is 0 Å². The average Bonchev–Trinajstić information content (AvgIpc) is 2.83. The van der Waals surface area contributed by atoms with Crippen LogP contribution in [0, 0.1) is 5.92 Å². The van der Waals surface area contributed by atoms with E-state index in [2.05, 4.69) is 5.43 Å². The number of halogens is 3. The molecule has 1 aliphatic heterocycles. The molecule has 1 atom stereocenters. The van der Waals surface area contributed by atoms with Crippen LogP contribution in [0.1, 0.15) is 45.7 Å². The number of carbonyl (C=O) groups is 1. The molecule has 2 aromatic rings. The normalized spacial score (nSPS) is 18.5. The van der Waals surface area contributed by atoms with Crippen molar-refractivity contribution >= 4 is 16.7 Å². The summed E-state index contributed by atoms with van der Waals surface area (Å²) in [6.45, 7) is 7.84. The van der Waals surface area contributed by atoms with E-state index in [1.807, 2.05) is 19.9 Å². The van der Waals surface area contributed by atoms with Gasteiger partial charge in [0.15, 0.2) is 6.04 Å². The number of amides is 1. The van der Waals surface area contributed by atoms with Gasteiger partial charge in [-0.05, 0) is 42.8 Å². The molecule has 1 fully saturated rings. The summed E-state index contributed by atoms with van der Waals surface area (Å²) in [6, 6.07) is 8.06. The van der Waals surface area contributed by atoms with Gasteiger partial charge in [-0.2, -0.15) is 18.2 Å². The molecule has 1 saturated heterocycles. The average molecular weight is 394 g/mol. The maximum atomic E-state index is 14.0. The van der Waals surface area contributed by atoms with E-state index in [1.165, 1.54) is 12.1 Å². The molecular weight excluding hydrogens is 369 g/mol. The van der Waals surface area contributed by atoms with Crippen molar-refractivity contribution in [2.75, 3.05) is 6.61 Å². The number of hydrazine groups is 1. The molecule has 1 heterocycles. The quantitative estimate of drug-likeness (QED) is 0.777. The van der Waals surface area contributed by atoms with Gasteiger partial charge in [-0.1, -0.05) is 38.1 Å². The number of carbonyl (C=O) groups excluding carboxylic acids is 1. The zero-order valence-electron chi connectivity index (χ0n) is 16.4. The zero-order chi connectivity index (χ0) is 20.7. The number of nitrogens with one attached hydrogen (secondary N) is 1. The molecule has 1 amide bonds. The fourth-order valence-electron chi connectivity index (χ4n) is 3.53. The van der Waals surface area contributed by atoms with Crippen molar-refractivity contribution in [2.45, 2.75) is 51.9 Å². The third-order valence-electron chi connectivity index (χ3n) is 4.81. The Morgan fingerprint density at radius 3 is 2.50 bits per heavy atom. The third-order valence-corrected chi connectivity index (χ3v) is 4.81. The van der Waals surface area contributed by atoms with Gasteiger partial charge in [0, 0.05) is 17.3 Å². The Morgan fingerprint density at radius 2 is 1.93 bits per heavy atom. The number of nitrogens with zero attached hydrogens (tertiary/aromatic N) is 1. The van der Waals surface area contributed by atoms with Crippen LogP contribution in [0.3, 0.4) is 0 Å². The first-order valence-electron chi connectivity index (χ1n) is 9.30. The second-order valence-corrected chi connectivity index (χ2v) is 8.28. The maximum absolute atomic E-state index is 14.0. The van der Waals surface area contributed by atoms with Crippen molar-refractivity contribution in [2.24, 2.45) is 5.92 Å². The van der Waals surface area contributed by atoms with Gasteiger partial charge >= 0.3 is 6.18 Å². The Labute approximate surface area is 162 Å². The van der Waals surface area contributed by atoms with Crippen LogP contribution in [0.5, 0.6) is 5.75 Å². The summed E-state index contributed by atoms with van der Waals surface area (Å²) in [5, 5.41) is 2.45. The molecule has 0 saturated carbocycles. The summed E-state index contributed by atoms with van der Waals surface area (Å²) in [7, 11) is 0. The van der Waals surface area contributed by atoms with E-state index in [4.69, 9.17) is 4.74 Å². The molecule has 1 N–H and O–H groups in total. The Balaban J connectivity index is 2.03. The highest BCUT2D eigenvalue weighted by atomic mass is 19.4. The van der Waals surface area contributed by atoms with Crippen LogP contribution in [-0.2, 0) is 4.79 Å². The van der Waals surface area contributed by atoms with Gasteiger partial charge < -0.3 is 4.74 Å². The van der Waals surface area contributed by atoms with Gasteiger partial charge in [-0.15, -0.1) is 0 Å². The topological polar surface area (TPSA) is 41.6 Å². The number of hydrogen-bond donors (Lipinski definition) is 1. The van der Waals surface area contributed by atoms with Crippen LogP contribution in [-0.4, -0.2) is 29.2 Å². The van der Waals surface area contributed by atoms with E-state index in [0.29, 0.717) is 23.7 Å². The van der Waals surface area contributed by atoms with Crippen molar-refractivity contribution < 1.29 is 22.7 Å². The molecule has 28 heavy (non-hydrogen) atoms. The Morgan fingerprint density at radius 1 is 1.21 bits per heavy atom. The maximum Gasteiger partial charge on any atom is 0.409 e. The largest absolute Gasteiger partial charge is 0.493 e. The fourth-order valence-corrected chi connectivity index (χ4v) is 3.53. The van der Waals surface area contributed by atoms with Gasteiger partial charge in [0.1, 0.15) is 5.75 Å². The van der Waals surface area contributed by atoms with Gasteiger partial charge in [-0.3, -0.25) is 10.2 Å². The molecule has 152 valence electrons. The summed E-state index contributed by atoms with van der Waals surface area (Å²) in [5.41, 5.74) is 1.52. The Bertz CT molecular complexity index is 878. The Kier molecular flexibility index (Phi) is 5.32. The van der Waals surface area contributed by atoms with Crippen LogP contribution in [0.15, 0.2) is 36.4 Å². The van der Waals surface area contributed by atoms with E-state index in [9.17, 15) is 18.0 Å². The summed E-state index contributed by atoms with van der Waals surface area (Å²) in [5.74, 6) is 0.575. The predicted molar refractivity (Wildman–Crippen MR) is 102 cm³/mol. The monoisotopic (exact) mass is 394 g/mol. The molecule has 7 heteroatoms. The predicted octanol–water partition coefficient (Wildman–Crippen LogP) is 4.99. The lowest BCUT2D eigenvalue weighted by atomic mass is 9.95. The number of alkyl halides is 3. The smallest absolute Gasteiger partial charge is 0.409 e. The van der Waals surface area contributed by atoms with E-state index in [0.717, 1.165) is 10.4 Å². The van der Waals surface area contributed by atoms with Crippen LogP contribution >= 0.6 is 0 Å². The fraction of sp³-hybridized carbons (Fsp3) is 0.476. The number of benzene rings is 2.